The predicted octanol–water partition coefficient (Wildman–Crippen LogP) is 1.60. The molecule has 9 heteroatoms. The van der Waals surface area contributed by atoms with Crippen molar-refractivity contribution in [3.63, 3.8) is 0 Å². The van der Waals surface area contributed by atoms with Gasteiger partial charge in [-0.2, -0.15) is 0 Å². The minimum Gasteiger partial charge on any atom is -0.493 e. The van der Waals surface area contributed by atoms with Crippen molar-refractivity contribution in [2.75, 3.05) is 40.9 Å². The number of rotatable bonds is 9. The van der Waals surface area contributed by atoms with Crippen LogP contribution in [0.1, 0.15) is 18.4 Å². The van der Waals surface area contributed by atoms with Gasteiger partial charge in [-0.05, 0) is 44.6 Å². The molecule has 7 nitrogen and oxygen atoms in total. The number of ether oxygens (including phenoxy) is 3. The van der Waals surface area contributed by atoms with Crippen LogP contribution in [0.25, 0.3) is 0 Å². The van der Waals surface area contributed by atoms with Gasteiger partial charge in [-0.3, -0.25) is 4.79 Å². The molecule has 27 heavy (non-hydrogen) atoms. The number of nitrogens with two attached hydrogens (primary N) is 1. The molecule has 1 amide bonds. The second kappa shape index (κ2) is 13.0. The lowest BCUT2D eigenvalue weighted by Gasteiger charge is -2.15. The Morgan fingerprint density at radius 2 is 2.04 bits per heavy atom. The molecule has 0 aliphatic carbocycles. The van der Waals surface area contributed by atoms with Gasteiger partial charge in [0.25, 0.3) is 0 Å². The Balaban J connectivity index is 0.00000338. The van der Waals surface area contributed by atoms with E-state index in [-0.39, 0.29) is 36.8 Å². The lowest BCUT2D eigenvalue weighted by Crippen LogP contribution is -2.35. The van der Waals surface area contributed by atoms with E-state index in [0.717, 1.165) is 24.9 Å². The van der Waals surface area contributed by atoms with E-state index in [4.69, 9.17) is 19.9 Å². The average Bonchev–Trinajstić information content (AvgIpc) is 3.09. The van der Waals surface area contributed by atoms with Crippen molar-refractivity contribution in [3.8, 4) is 11.5 Å². The van der Waals surface area contributed by atoms with Crippen molar-refractivity contribution in [1.82, 2.24) is 10.2 Å². The smallest absolute Gasteiger partial charge is 0.249 e. The number of nitrogens with zero attached hydrogens (tertiary/aromatic N) is 1. The zero-order chi connectivity index (χ0) is 18.2. The third-order valence-electron chi connectivity index (χ3n) is 4.15. The summed E-state index contributed by atoms with van der Waals surface area (Å²) < 4.78 is 16.7. The molecule has 156 valence electrons. The molecule has 1 saturated heterocycles. The van der Waals surface area contributed by atoms with Crippen LogP contribution in [0.15, 0.2) is 18.2 Å². The summed E-state index contributed by atoms with van der Waals surface area (Å²) in [5.41, 5.74) is 6.52. The first kappa shape index (κ1) is 25.8. The van der Waals surface area contributed by atoms with E-state index in [9.17, 15) is 4.79 Å². The minimum atomic E-state index is -0.399. The number of likely N-dealkylation sites (N-methyl/N-ethyl adjacent to an activating group) is 1. The summed E-state index contributed by atoms with van der Waals surface area (Å²) in [5.74, 6) is 1.26. The molecular weight excluding hydrogens is 393 g/mol. The van der Waals surface area contributed by atoms with Crippen LogP contribution in [0.3, 0.4) is 0 Å². The third-order valence-corrected chi connectivity index (χ3v) is 4.15. The molecule has 2 atom stereocenters. The molecule has 0 saturated carbocycles. The fourth-order valence-electron chi connectivity index (χ4n) is 2.65. The van der Waals surface area contributed by atoms with Crippen LogP contribution in [0.5, 0.6) is 11.5 Å². The van der Waals surface area contributed by atoms with Crippen LogP contribution in [-0.2, 0) is 16.1 Å². The van der Waals surface area contributed by atoms with E-state index in [0.29, 0.717) is 31.2 Å². The maximum absolute atomic E-state index is 12.2. The molecule has 2 rings (SSSR count). The normalized spacial score (nSPS) is 18.4. The lowest BCUT2D eigenvalue weighted by atomic mass is 10.1. The van der Waals surface area contributed by atoms with Crippen LogP contribution < -0.4 is 20.5 Å². The van der Waals surface area contributed by atoms with Crippen LogP contribution >= 0.6 is 24.8 Å². The molecule has 1 aliphatic heterocycles. The Labute approximate surface area is 173 Å². The fraction of sp³-hybridized carbons (Fsp3) is 0.611. The van der Waals surface area contributed by atoms with E-state index in [2.05, 4.69) is 10.2 Å². The number of halogens is 2. The van der Waals surface area contributed by atoms with Gasteiger partial charge in [0.15, 0.2) is 11.5 Å². The molecule has 0 unspecified atom stereocenters. The van der Waals surface area contributed by atoms with Crippen molar-refractivity contribution in [1.29, 1.82) is 0 Å². The first-order valence-electron chi connectivity index (χ1n) is 8.61. The van der Waals surface area contributed by atoms with Gasteiger partial charge in [0.2, 0.25) is 5.91 Å². The van der Waals surface area contributed by atoms with Crippen LogP contribution in [0, 0.1) is 0 Å². The van der Waals surface area contributed by atoms with Gasteiger partial charge in [0.05, 0.1) is 13.2 Å². The number of nitrogens with one attached hydrogen (secondary N) is 1. The predicted molar refractivity (Wildman–Crippen MR) is 110 cm³/mol. The lowest BCUT2D eigenvalue weighted by molar-refractivity contribution is -0.132. The Kier molecular flexibility index (Phi) is 12.4. The molecule has 1 aromatic rings. The number of carbonyl (C=O) groups is 1. The summed E-state index contributed by atoms with van der Waals surface area (Å²) in [6.07, 6.45) is 1.15. The van der Waals surface area contributed by atoms with E-state index < -0.39 is 6.10 Å². The quantitative estimate of drug-likeness (QED) is 0.627. The average molecular weight is 424 g/mol. The zero-order valence-corrected chi connectivity index (χ0v) is 17.7. The molecule has 1 heterocycles. The number of methoxy groups -OCH3 is 1. The van der Waals surface area contributed by atoms with Gasteiger partial charge in [0.1, 0.15) is 12.7 Å². The number of hydrogen-bond acceptors (Lipinski definition) is 6. The molecule has 0 spiro atoms. The van der Waals surface area contributed by atoms with Crippen LogP contribution in [0.4, 0.5) is 0 Å². The van der Waals surface area contributed by atoms with E-state index in [1.54, 1.807) is 7.11 Å². The molecule has 1 aromatic carbocycles. The summed E-state index contributed by atoms with van der Waals surface area (Å²) in [6, 6.07) is 5.67. The fourth-order valence-corrected chi connectivity index (χ4v) is 2.65. The first-order valence-corrected chi connectivity index (χ1v) is 8.61. The number of benzene rings is 1. The van der Waals surface area contributed by atoms with Crippen molar-refractivity contribution >= 4 is 30.7 Å². The van der Waals surface area contributed by atoms with E-state index >= 15 is 0 Å². The topological polar surface area (TPSA) is 86.0 Å². The second-order valence-electron chi connectivity index (χ2n) is 6.41. The molecule has 1 fully saturated rings. The van der Waals surface area contributed by atoms with Crippen molar-refractivity contribution in [2.45, 2.75) is 31.6 Å². The maximum Gasteiger partial charge on any atom is 0.249 e. The van der Waals surface area contributed by atoms with Gasteiger partial charge >= 0.3 is 0 Å². The summed E-state index contributed by atoms with van der Waals surface area (Å²) in [6.45, 7) is 2.28. The highest BCUT2D eigenvalue weighted by Crippen LogP contribution is 2.28. The van der Waals surface area contributed by atoms with Gasteiger partial charge in [-0.1, -0.05) is 6.07 Å². The van der Waals surface area contributed by atoms with E-state index in [1.165, 1.54) is 0 Å². The number of carbonyl (C=O) groups excluding carboxylic acids is 1. The van der Waals surface area contributed by atoms with Crippen molar-refractivity contribution < 1.29 is 19.0 Å². The minimum absolute atomic E-state index is 0. The summed E-state index contributed by atoms with van der Waals surface area (Å²) in [4.78, 5) is 14.2. The standard InChI is InChI=1S/C18H29N3O4.2ClH/c1-21(2)8-9-24-15-6-4-13(10-17(15)23-3)12-20-18(22)16-7-5-14(11-19)25-16;;/h4,6,10,14,16H,5,7-9,11-12,19H2,1-3H3,(H,20,22);2*1H/t14-,16+;;/m1../s1. The van der Waals surface area contributed by atoms with Gasteiger partial charge < -0.3 is 30.2 Å². The highest BCUT2D eigenvalue weighted by molar-refractivity contribution is 5.85. The highest BCUT2D eigenvalue weighted by Gasteiger charge is 2.29. The van der Waals surface area contributed by atoms with Crippen molar-refractivity contribution in [3.05, 3.63) is 23.8 Å². The van der Waals surface area contributed by atoms with Gasteiger partial charge in [-0.15, -0.1) is 24.8 Å². The van der Waals surface area contributed by atoms with Crippen LogP contribution in [-0.4, -0.2) is 63.9 Å². The Morgan fingerprint density at radius 1 is 1.30 bits per heavy atom. The summed E-state index contributed by atoms with van der Waals surface area (Å²) in [7, 11) is 5.60. The van der Waals surface area contributed by atoms with Crippen LogP contribution in [0.2, 0.25) is 0 Å². The first-order chi connectivity index (χ1) is 12.0. The monoisotopic (exact) mass is 423 g/mol. The SMILES string of the molecule is COc1cc(CNC(=O)[C@@H]2CC[C@H](CN)O2)ccc1OCCN(C)C.Cl.Cl. The Morgan fingerprint density at radius 3 is 2.63 bits per heavy atom. The summed E-state index contributed by atoms with van der Waals surface area (Å²) in [5, 5.41) is 2.91. The Hall–Kier alpha value is -1.25. The number of amides is 1. The largest absolute Gasteiger partial charge is 0.493 e. The second-order valence-corrected chi connectivity index (χ2v) is 6.41. The molecule has 1 aliphatic rings. The maximum atomic E-state index is 12.2. The molecule has 0 radical (unpaired) electrons. The highest BCUT2D eigenvalue weighted by atomic mass is 35.5. The van der Waals surface area contributed by atoms with Crippen molar-refractivity contribution in [2.24, 2.45) is 5.73 Å². The van der Waals surface area contributed by atoms with E-state index in [1.807, 2.05) is 32.3 Å². The molecular formula is C18H31Cl2N3O4. The summed E-state index contributed by atoms with van der Waals surface area (Å²) >= 11 is 0. The molecule has 3 N–H and O–H groups in total. The Bertz CT molecular complexity index is 576. The molecule has 0 aromatic heterocycles. The third kappa shape index (κ3) is 8.11. The molecule has 0 bridgehead atoms. The number of hydrogen-bond donors (Lipinski definition) is 2. The zero-order valence-electron chi connectivity index (χ0n) is 16.1. The van der Waals surface area contributed by atoms with Gasteiger partial charge in [-0.25, -0.2) is 0 Å². The van der Waals surface area contributed by atoms with Gasteiger partial charge in [0, 0.05) is 19.6 Å².